The number of hydrogen-bond acceptors (Lipinski definition) is 3. The first-order chi connectivity index (χ1) is 10.2. The van der Waals surface area contributed by atoms with E-state index in [0.29, 0.717) is 0 Å². The summed E-state index contributed by atoms with van der Waals surface area (Å²) in [6, 6.07) is 10.8. The first-order valence-electron chi connectivity index (χ1n) is 6.33. The molecule has 1 aromatic heterocycles. The molecule has 6 heteroatoms. The van der Waals surface area contributed by atoms with Crippen LogP contribution in [0.15, 0.2) is 48.3 Å². The largest absolute Gasteiger partial charge is 0.497 e. The molecule has 1 aromatic carbocycles. The Balaban J connectivity index is 1.95. The number of hydrogen-bond donors (Lipinski definition) is 2. The molecule has 0 spiro atoms. The van der Waals surface area contributed by atoms with Gasteiger partial charge in [0.15, 0.2) is 0 Å². The van der Waals surface area contributed by atoms with Crippen molar-refractivity contribution in [3.8, 4) is 11.4 Å². The summed E-state index contributed by atoms with van der Waals surface area (Å²) < 4.78 is 7.04. The van der Waals surface area contributed by atoms with E-state index < -0.39 is 11.9 Å². The molecule has 0 saturated carbocycles. The van der Waals surface area contributed by atoms with Crippen LogP contribution in [-0.2, 0) is 4.79 Å². The second-order valence-electron chi connectivity index (χ2n) is 4.47. The molecule has 1 aliphatic heterocycles. The Morgan fingerprint density at radius 1 is 1.10 bits per heavy atom. The molecule has 0 unspecified atom stereocenters. The molecule has 106 valence electrons. The highest BCUT2D eigenvalue weighted by atomic mass is 16.5. The number of ether oxygens (including phenoxy) is 1. The van der Waals surface area contributed by atoms with E-state index in [0.717, 1.165) is 17.1 Å². The van der Waals surface area contributed by atoms with Gasteiger partial charge in [0.1, 0.15) is 11.4 Å². The van der Waals surface area contributed by atoms with Crippen molar-refractivity contribution in [3.63, 3.8) is 0 Å². The number of urea groups is 1. The summed E-state index contributed by atoms with van der Waals surface area (Å²) in [6.07, 6.45) is 3.51. The van der Waals surface area contributed by atoms with Crippen molar-refractivity contribution >= 4 is 18.0 Å². The summed E-state index contributed by atoms with van der Waals surface area (Å²) in [5, 5.41) is 4.64. The van der Waals surface area contributed by atoms with Crippen LogP contribution < -0.4 is 15.4 Å². The Bertz CT molecular complexity index is 729. The number of nitrogens with one attached hydrogen (secondary N) is 2. The highest BCUT2D eigenvalue weighted by Gasteiger charge is 2.23. The summed E-state index contributed by atoms with van der Waals surface area (Å²) in [6.45, 7) is 0. The van der Waals surface area contributed by atoms with Crippen molar-refractivity contribution < 1.29 is 14.3 Å². The van der Waals surface area contributed by atoms with Crippen molar-refractivity contribution in [2.45, 2.75) is 0 Å². The van der Waals surface area contributed by atoms with E-state index in [9.17, 15) is 9.59 Å². The van der Waals surface area contributed by atoms with Gasteiger partial charge in [-0.3, -0.25) is 10.1 Å². The minimum Gasteiger partial charge on any atom is -0.497 e. The lowest BCUT2D eigenvalue weighted by Gasteiger charge is -2.08. The number of carbonyl (C=O) groups is 2. The van der Waals surface area contributed by atoms with E-state index in [-0.39, 0.29) is 5.70 Å². The molecule has 2 aromatic rings. The van der Waals surface area contributed by atoms with Gasteiger partial charge in [-0.2, -0.15) is 0 Å². The molecule has 2 heterocycles. The van der Waals surface area contributed by atoms with Crippen molar-refractivity contribution in [2.75, 3.05) is 7.11 Å². The van der Waals surface area contributed by atoms with E-state index >= 15 is 0 Å². The van der Waals surface area contributed by atoms with Gasteiger partial charge in [0.25, 0.3) is 5.91 Å². The van der Waals surface area contributed by atoms with Crippen LogP contribution in [0.3, 0.4) is 0 Å². The van der Waals surface area contributed by atoms with Crippen molar-refractivity contribution in [2.24, 2.45) is 0 Å². The first-order valence-corrected chi connectivity index (χ1v) is 6.33. The molecule has 1 saturated heterocycles. The van der Waals surface area contributed by atoms with Crippen LogP contribution in [0, 0.1) is 0 Å². The zero-order valence-electron chi connectivity index (χ0n) is 11.3. The number of rotatable bonds is 3. The quantitative estimate of drug-likeness (QED) is 0.665. The lowest BCUT2D eigenvalue weighted by molar-refractivity contribution is -0.115. The molecule has 6 nitrogen and oxygen atoms in total. The molecule has 1 aliphatic rings. The fourth-order valence-electron chi connectivity index (χ4n) is 2.12. The zero-order chi connectivity index (χ0) is 14.8. The zero-order valence-corrected chi connectivity index (χ0v) is 11.3. The molecule has 3 rings (SSSR count). The molecule has 0 atom stereocenters. The Morgan fingerprint density at radius 2 is 1.86 bits per heavy atom. The monoisotopic (exact) mass is 283 g/mol. The third-order valence-electron chi connectivity index (χ3n) is 3.14. The normalized spacial score (nSPS) is 16.0. The van der Waals surface area contributed by atoms with Crippen LogP contribution in [0.4, 0.5) is 4.79 Å². The van der Waals surface area contributed by atoms with Crippen LogP contribution in [0.5, 0.6) is 5.75 Å². The molecule has 2 N–H and O–H groups in total. The van der Waals surface area contributed by atoms with Gasteiger partial charge in [0.05, 0.1) is 7.11 Å². The Morgan fingerprint density at radius 3 is 2.48 bits per heavy atom. The van der Waals surface area contributed by atoms with E-state index in [1.54, 1.807) is 13.2 Å². The molecule has 1 fully saturated rings. The van der Waals surface area contributed by atoms with E-state index in [4.69, 9.17) is 4.74 Å². The number of aromatic nitrogens is 1. The maximum atomic E-state index is 11.6. The van der Waals surface area contributed by atoms with Crippen molar-refractivity contribution in [1.82, 2.24) is 15.2 Å². The summed E-state index contributed by atoms with van der Waals surface area (Å²) in [4.78, 5) is 22.7. The molecule has 0 bridgehead atoms. The van der Waals surface area contributed by atoms with Gasteiger partial charge >= 0.3 is 6.03 Å². The second-order valence-corrected chi connectivity index (χ2v) is 4.47. The van der Waals surface area contributed by atoms with E-state index in [1.807, 2.05) is 47.2 Å². The molecular weight excluding hydrogens is 270 g/mol. The highest BCUT2D eigenvalue weighted by molar-refractivity contribution is 6.13. The van der Waals surface area contributed by atoms with Crippen LogP contribution >= 0.6 is 0 Å². The fourth-order valence-corrected chi connectivity index (χ4v) is 2.12. The minimum atomic E-state index is -0.506. The number of nitrogens with zero attached hydrogens (tertiary/aromatic N) is 1. The van der Waals surface area contributed by atoms with Gasteiger partial charge in [0.2, 0.25) is 0 Å². The number of amides is 3. The maximum absolute atomic E-state index is 11.6. The van der Waals surface area contributed by atoms with Crippen LogP contribution in [0.1, 0.15) is 5.69 Å². The Kier molecular flexibility index (Phi) is 3.19. The van der Waals surface area contributed by atoms with Gasteiger partial charge in [-0.15, -0.1) is 0 Å². The number of imide groups is 1. The molecule has 0 radical (unpaired) electrons. The summed E-state index contributed by atoms with van der Waals surface area (Å²) in [7, 11) is 1.61. The van der Waals surface area contributed by atoms with E-state index in [2.05, 4.69) is 10.6 Å². The highest BCUT2D eigenvalue weighted by Crippen LogP contribution is 2.19. The maximum Gasteiger partial charge on any atom is 0.326 e. The predicted octanol–water partition coefficient (Wildman–Crippen LogP) is 1.67. The topological polar surface area (TPSA) is 72.4 Å². The van der Waals surface area contributed by atoms with Gasteiger partial charge in [-0.25, -0.2) is 4.79 Å². The molecule has 21 heavy (non-hydrogen) atoms. The van der Waals surface area contributed by atoms with Crippen molar-refractivity contribution in [1.29, 1.82) is 0 Å². The number of carbonyl (C=O) groups excluding carboxylic acids is 2. The fraction of sp³-hybridized carbons (Fsp3) is 0.0667. The Hall–Kier alpha value is -3.02. The average molecular weight is 283 g/mol. The summed E-state index contributed by atoms with van der Waals surface area (Å²) >= 11 is 0. The molecule has 3 amide bonds. The second kappa shape index (κ2) is 5.16. The van der Waals surface area contributed by atoms with Crippen LogP contribution in [0.25, 0.3) is 11.8 Å². The summed E-state index contributed by atoms with van der Waals surface area (Å²) in [5.41, 5.74) is 1.94. The van der Waals surface area contributed by atoms with E-state index in [1.165, 1.54) is 0 Å². The number of methoxy groups -OCH3 is 1. The average Bonchev–Trinajstić information content (AvgIpc) is 3.06. The Labute approximate surface area is 121 Å². The van der Waals surface area contributed by atoms with Crippen LogP contribution in [-0.4, -0.2) is 23.6 Å². The summed E-state index contributed by atoms with van der Waals surface area (Å²) in [5.74, 6) is 0.343. The standard InChI is InChI=1S/C15H13N3O3/c1-21-12-6-4-10(5-7-12)18-8-2-3-11(18)9-13-14(19)17-15(20)16-13/h2-9H,1H3,(H2,16,17,19,20)/b13-9+. The SMILES string of the molecule is COc1ccc(-n2cccc2/C=C2/NC(=O)NC2=O)cc1. The van der Waals surface area contributed by atoms with Gasteiger partial charge in [0, 0.05) is 17.6 Å². The lowest BCUT2D eigenvalue weighted by Crippen LogP contribution is -2.22. The van der Waals surface area contributed by atoms with Gasteiger partial charge in [-0.05, 0) is 42.5 Å². The smallest absolute Gasteiger partial charge is 0.326 e. The van der Waals surface area contributed by atoms with Crippen LogP contribution in [0.2, 0.25) is 0 Å². The molecular formula is C15H13N3O3. The van der Waals surface area contributed by atoms with Gasteiger partial charge < -0.3 is 14.6 Å². The van der Waals surface area contributed by atoms with Crippen molar-refractivity contribution in [3.05, 3.63) is 54.0 Å². The molecule has 0 aliphatic carbocycles. The predicted molar refractivity (Wildman–Crippen MR) is 77.0 cm³/mol. The number of benzene rings is 1. The lowest BCUT2D eigenvalue weighted by atomic mass is 10.2. The first kappa shape index (κ1) is 13.0. The minimum absolute atomic E-state index is 0.230. The third-order valence-corrected chi connectivity index (χ3v) is 3.14. The van der Waals surface area contributed by atoms with Gasteiger partial charge in [-0.1, -0.05) is 0 Å². The third kappa shape index (κ3) is 2.51.